The Kier molecular flexibility index (Phi) is 8.29. The molecule has 2 saturated heterocycles. The average molecular weight is 583 g/mol. The number of aromatic nitrogens is 4. The van der Waals surface area contributed by atoms with Gasteiger partial charge in [0.2, 0.25) is 5.88 Å². The smallest absolute Gasteiger partial charge is 0.341 e. The molecular weight excluding hydrogens is 551 g/mol. The van der Waals surface area contributed by atoms with E-state index in [0.29, 0.717) is 47.1 Å². The summed E-state index contributed by atoms with van der Waals surface area (Å²) in [5, 5.41) is 8.94. The van der Waals surface area contributed by atoms with Crippen LogP contribution in [0.4, 0.5) is 10.2 Å². The van der Waals surface area contributed by atoms with Gasteiger partial charge in [0.25, 0.3) is 0 Å². The SMILES string of the molecule is CCOC(=O)c1ccc2nc(C=C3CCN(c4cccc(OCc5ccc(C#N)cn5)n4)CC3)n(C[C@@H]3CCO3)c2c1F. The number of anilines is 1. The van der Waals surface area contributed by atoms with Crippen molar-refractivity contribution in [1.29, 1.82) is 5.26 Å². The van der Waals surface area contributed by atoms with Gasteiger partial charge in [0.15, 0.2) is 5.82 Å². The number of hydrogen-bond donors (Lipinski definition) is 0. The number of benzene rings is 1. The number of fused-ring (bicyclic) bond motifs is 1. The van der Waals surface area contributed by atoms with E-state index in [1.807, 2.05) is 28.8 Å². The molecule has 0 saturated carbocycles. The van der Waals surface area contributed by atoms with Crippen molar-refractivity contribution in [3.8, 4) is 11.9 Å². The van der Waals surface area contributed by atoms with Crippen molar-refractivity contribution < 1.29 is 23.4 Å². The number of pyridine rings is 2. The van der Waals surface area contributed by atoms with E-state index in [1.165, 1.54) is 17.8 Å². The first-order valence-electron chi connectivity index (χ1n) is 14.4. The Morgan fingerprint density at radius 1 is 1.19 bits per heavy atom. The highest BCUT2D eigenvalue weighted by Crippen LogP contribution is 2.29. The predicted molar refractivity (Wildman–Crippen MR) is 157 cm³/mol. The summed E-state index contributed by atoms with van der Waals surface area (Å²) in [4.78, 5) is 28.2. The molecule has 43 heavy (non-hydrogen) atoms. The van der Waals surface area contributed by atoms with Gasteiger partial charge in [-0.25, -0.2) is 14.2 Å². The van der Waals surface area contributed by atoms with Crippen LogP contribution in [0, 0.1) is 17.1 Å². The van der Waals surface area contributed by atoms with Crippen molar-refractivity contribution in [1.82, 2.24) is 19.5 Å². The Hall–Kier alpha value is -4.82. The summed E-state index contributed by atoms with van der Waals surface area (Å²) in [6, 6.07) is 14.3. The second-order valence-corrected chi connectivity index (χ2v) is 10.4. The summed E-state index contributed by atoms with van der Waals surface area (Å²) in [5.74, 6) is 0.674. The number of esters is 1. The molecule has 2 aliphatic rings. The topological polar surface area (TPSA) is 115 Å². The van der Waals surface area contributed by atoms with Crippen LogP contribution < -0.4 is 9.64 Å². The van der Waals surface area contributed by atoms with Gasteiger partial charge in [0.05, 0.1) is 41.6 Å². The Morgan fingerprint density at radius 3 is 2.72 bits per heavy atom. The molecule has 10 nitrogen and oxygen atoms in total. The fourth-order valence-corrected chi connectivity index (χ4v) is 5.23. The van der Waals surface area contributed by atoms with E-state index in [0.717, 1.165) is 38.2 Å². The number of hydrogen-bond acceptors (Lipinski definition) is 9. The van der Waals surface area contributed by atoms with Gasteiger partial charge in [-0.15, -0.1) is 0 Å². The maximum atomic E-state index is 15.7. The molecule has 0 amide bonds. The van der Waals surface area contributed by atoms with Crippen molar-refractivity contribution in [2.75, 3.05) is 31.2 Å². The molecule has 6 rings (SSSR count). The van der Waals surface area contributed by atoms with Crippen LogP contribution in [0.1, 0.15) is 53.6 Å². The van der Waals surface area contributed by atoms with Crippen LogP contribution in [0.5, 0.6) is 5.88 Å². The van der Waals surface area contributed by atoms with Crippen molar-refractivity contribution in [3.05, 3.63) is 82.7 Å². The number of imidazole rings is 1. The van der Waals surface area contributed by atoms with Crippen LogP contribution in [0.2, 0.25) is 0 Å². The Balaban J connectivity index is 1.17. The van der Waals surface area contributed by atoms with Crippen LogP contribution in [-0.2, 0) is 22.6 Å². The lowest BCUT2D eigenvalue weighted by atomic mass is 10.0. The fourth-order valence-electron chi connectivity index (χ4n) is 5.23. The summed E-state index contributed by atoms with van der Waals surface area (Å²) < 4.78 is 34.1. The number of piperidine rings is 1. The van der Waals surface area contributed by atoms with E-state index >= 15 is 4.39 Å². The zero-order chi connectivity index (χ0) is 29.8. The second kappa shape index (κ2) is 12.6. The Morgan fingerprint density at radius 2 is 2.02 bits per heavy atom. The normalized spacial score (nSPS) is 16.4. The summed E-state index contributed by atoms with van der Waals surface area (Å²) in [7, 11) is 0. The molecule has 4 aromatic rings. The Labute approximate surface area is 248 Å². The van der Waals surface area contributed by atoms with Gasteiger partial charge < -0.3 is 23.7 Å². The first-order valence-corrected chi connectivity index (χ1v) is 14.4. The summed E-state index contributed by atoms with van der Waals surface area (Å²) in [6.07, 6.45) is 6.02. The van der Waals surface area contributed by atoms with Gasteiger partial charge in [-0.3, -0.25) is 4.98 Å². The largest absolute Gasteiger partial charge is 0.471 e. The lowest BCUT2D eigenvalue weighted by Gasteiger charge is -2.30. The highest BCUT2D eigenvalue weighted by Gasteiger charge is 2.26. The molecule has 220 valence electrons. The first kappa shape index (κ1) is 28.3. The predicted octanol–water partition coefficient (Wildman–Crippen LogP) is 5.07. The molecule has 11 heteroatoms. The number of carbonyl (C=O) groups is 1. The third kappa shape index (κ3) is 6.20. The average Bonchev–Trinajstić information content (AvgIpc) is 3.36. The molecule has 2 fully saturated rings. The molecule has 3 aromatic heterocycles. The fraction of sp³-hybridized carbons (Fsp3) is 0.344. The van der Waals surface area contributed by atoms with Crippen molar-refractivity contribution in [2.45, 2.75) is 45.4 Å². The molecule has 0 radical (unpaired) electrons. The van der Waals surface area contributed by atoms with Crippen molar-refractivity contribution >= 4 is 28.9 Å². The minimum atomic E-state index is -0.684. The molecule has 0 N–H and O–H groups in total. The number of halogens is 1. The highest BCUT2D eigenvalue weighted by atomic mass is 19.1. The molecular formula is C32H31FN6O4. The molecule has 2 aliphatic heterocycles. The molecule has 0 aliphatic carbocycles. The number of carbonyl (C=O) groups excluding carboxylic acids is 1. The van der Waals surface area contributed by atoms with E-state index in [9.17, 15) is 4.79 Å². The third-order valence-electron chi connectivity index (χ3n) is 7.64. The van der Waals surface area contributed by atoms with Gasteiger partial charge in [-0.2, -0.15) is 10.2 Å². The molecule has 0 unspecified atom stereocenters. The van der Waals surface area contributed by atoms with Gasteiger partial charge in [0, 0.05) is 32.0 Å². The Bertz CT molecular complexity index is 1700. The van der Waals surface area contributed by atoms with Crippen LogP contribution in [0.15, 0.2) is 54.2 Å². The summed E-state index contributed by atoms with van der Waals surface area (Å²) in [5.41, 5.74) is 3.11. The molecule has 0 bridgehead atoms. The van der Waals surface area contributed by atoms with Gasteiger partial charge >= 0.3 is 5.97 Å². The van der Waals surface area contributed by atoms with Gasteiger partial charge in [-0.1, -0.05) is 11.6 Å². The molecule has 5 heterocycles. The zero-order valence-corrected chi connectivity index (χ0v) is 23.8. The van der Waals surface area contributed by atoms with Crippen LogP contribution in [0.3, 0.4) is 0 Å². The van der Waals surface area contributed by atoms with Crippen molar-refractivity contribution in [2.24, 2.45) is 0 Å². The minimum absolute atomic E-state index is 0.0182. The summed E-state index contributed by atoms with van der Waals surface area (Å²) in [6.45, 7) is 4.78. The lowest BCUT2D eigenvalue weighted by Crippen LogP contribution is -2.32. The number of nitriles is 1. The van der Waals surface area contributed by atoms with E-state index in [-0.39, 0.29) is 24.9 Å². The van der Waals surface area contributed by atoms with Crippen LogP contribution in [0.25, 0.3) is 17.1 Å². The van der Waals surface area contributed by atoms with E-state index in [4.69, 9.17) is 24.5 Å². The van der Waals surface area contributed by atoms with Gasteiger partial charge in [-0.05, 0) is 62.6 Å². The third-order valence-corrected chi connectivity index (χ3v) is 7.64. The van der Waals surface area contributed by atoms with E-state index in [1.54, 1.807) is 25.1 Å². The number of ether oxygens (including phenoxy) is 3. The maximum Gasteiger partial charge on any atom is 0.341 e. The number of rotatable bonds is 9. The zero-order valence-electron chi connectivity index (χ0n) is 23.8. The summed E-state index contributed by atoms with van der Waals surface area (Å²) >= 11 is 0. The van der Waals surface area contributed by atoms with Crippen molar-refractivity contribution in [3.63, 3.8) is 0 Å². The van der Waals surface area contributed by atoms with Crippen LogP contribution >= 0.6 is 0 Å². The van der Waals surface area contributed by atoms with Crippen LogP contribution in [-0.4, -0.2) is 57.9 Å². The minimum Gasteiger partial charge on any atom is -0.471 e. The second-order valence-electron chi connectivity index (χ2n) is 10.4. The molecule has 1 aromatic carbocycles. The first-order chi connectivity index (χ1) is 21.0. The van der Waals surface area contributed by atoms with Gasteiger partial charge in [0.1, 0.15) is 29.8 Å². The monoisotopic (exact) mass is 582 g/mol. The number of nitrogens with zero attached hydrogens (tertiary/aromatic N) is 6. The quantitative estimate of drug-likeness (QED) is 0.250. The maximum absolute atomic E-state index is 15.7. The molecule has 0 spiro atoms. The van der Waals surface area contributed by atoms with E-state index < -0.39 is 11.8 Å². The lowest BCUT2D eigenvalue weighted by molar-refractivity contribution is -0.0588. The highest BCUT2D eigenvalue weighted by molar-refractivity contribution is 5.94. The molecule has 1 atom stereocenters. The standard InChI is InChI=1S/C32H31FN6O4/c1-2-41-32(40)25-8-9-26-31(30(25)33)39(19-24-12-15-42-24)28(36-26)16-21-10-13-38(14-11-21)27-4-3-5-29(37-27)43-20-23-7-6-22(17-34)18-35-23/h3-9,16,18,24H,2,10-15,19-20H2,1H3/t24-/m0/s1. The van der Waals surface area contributed by atoms with E-state index in [2.05, 4.69) is 20.9 Å².